The molecule has 2 N–H and O–H groups in total. The van der Waals surface area contributed by atoms with Crippen LogP contribution in [-0.4, -0.2) is 42.1 Å². The van der Waals surface area contributed by atoms with Gasteiger partial charge in [-0.1, -0.05) is 13.8 Å². The topological polar surface area (TPSA) is 78.1 Å². The molecule has 2 unspecified atom stereocenters. The second-order valence-corrected chi connectivity index (χ2v) is 7.83. The predicted molar refractivity (Wildman–Crippen MR) is 82.5 cm³/mol. The summed E-state index contributed by atoms with van der Waals surface area (Å²) in [5, 5.41) is 10.1. The summed E-state index contributed by atoms with van der Waals surface area (Å²) in [6, 6.07) is 0.0417. The maximum Gasteiger partial charge on any atom is 0.247 e. The van der Waals surface area contributed by atoms with Gasteiger partial charge in [0.15, 0.2) is 0 Å². The second kappa shape index (κ2) is 6.46. The van der Waals surface area contributed by atoms with E-state index in [1.807, 2.05) is 13.8 Å². The molecular formula is C14H26N4O2S. The Labute approximate surface area is 127 Å². The first-order valence-electron chi connectivity index (χ1n) is 7.64. The van der Waals surface area contributed by atoms with Gasteiger partial charge < -0.3 is 5.32 Å². The van der Waals surface area contributed by atoms with Crippen LogP contribution >= 0.6 is 0 Å². The van der Waals surface area contributed by atoms with Gasteiger partial charge in [-0.15, -0.1) is 0 Å². The van der Waals surface area contributed by atoms with Gasteiger partial charge >= 0.3 is 0 Å². The summed E-state index contributed by atoms with van der Waals surface area (Å²) < 4.78 is 27.7. The van der Waals surface area contributed by atoms with Crippen LogP contribution in [0.4, 0.5) is 0 Å². The molecule has 0 radical (unpaired) electrons. The van der Waals surface area contributed by atoms with Crippen molar-refractivity contribution in [2.24, 2.45) is 5.92 Å². The quantitative estimate of drug-likeness (QED) is 0.866. The highest BCUT2D eigenvalue weighted by atomic mass is 32.2. The number of aromatic nitrogens is 2. The van der Waals surface area contributed by atoms with Crippen LogP contribution in [0.1, 0.15) is 45.0 Å². The zero-order valence-electron chi connectivity index (χ0n) is 13.3. The maximum absolute atomic E-state index is 13.0. The minimum Gasteiger partial charge on any atom is -0.311 e. The van der Waals surface area contributed by atoms with E-state index in [0.29, 0.717) is 35.3 Å². The number of hydrogen-bond acceptors (Lipinski definition) is 4. The molecule has 0 aromatic carbocycles. The number of piperidine rings is 1. The number of aromatic amines is 1. The smallest absolute Gasteiger partial charge is 0.247 e. The summed E-state index contributed by atoms with van der Waals surface area (Å²) in [5.74, 6) is 0.582. The molecule has 1 aromatic heterocycles. The number of rotatable bonds is 5. The molecule has 7 heteroatoms. The average Bonchev–Trinajstić information content (AvgIpc) is 2.77. The van der Waals surface area contributed by atoms with Gasteiger partial charge in [0.1, 0.15) is 4.90 Å². The molecule has 2 heterocycles. The molecule has 2 atom stereocenters. The fraction of sp³-hybridized carbons (Fsp3) is 0.786. The Balaban J connectivity index is 2.33. The molecule has 0 aliphatic carbocycles. The lowest BCUT2D eigenvalue weighted by atomic mass is 9.95. The number of H-pyrrole nitrogens is 1. The van der Waals surface area contributed by atoms with Crippen LogP contribution in [0.25, 0.3) is 0 Å². The molecule has 1 fully saturated rings. The van der Waals surface area contributed by atoms with Gasteiger partial charge in [0.25, 0.3) is 0 Å². The third kappa shape index (κ3) is 3.30. The lowest BCUT2D eigenvalue weighted by Crippen LogP contribution is -2.44. The van der Waals surface area contributed by atoms with Crippen LogP contribution in [0, 0.1) is 12.8 Å². The summed E-state index contributed by atoms with van der Waals surface area (Å²) in [6.45, 7) is 9.77. The van der Waals surface area contributed by atoms with Crippen molar-refractivity contribution in [1.82, 2.24) is 19.8 Å². The fourth-order valence-corrected chi connectivity index (χ4v) is 5.02. The molecule has 21 heavy (non-hydrogen) atoms. The van der Waals surface area contributed by atoms with Gasteiger partial charge in [-0.2, -0.15) is 9.40 Å². The van der Waals surface area contributed by atoms with Gasteiger partial charge in [-0.3, -0.25) is 5.10 Å². The van der Waals surface area contributed by atoms with Crippen molar-refractivity contribution in [3.8, 4) is 0 Å². The minimum atomic E-state index is -3.48. The Morgan fingerprint density at radius 2 is 2.14 bits per heavy atom. The Morgan fingerprint density at radius 3 is 2.76 bits per heavy atom. The first-order valence-corrected chi connectivity index (χ1v) is 9.08. The largest absolute Gasteiger partial charge is 0.311 e. The van der Waals surface area contributed by atoms with Crippen molar-refractivity contribution in [1.29, 1.82) is 0 Å². The van der Waals surface area contributed by atoms with E-state index in [4.69, 9.17) is 0 Å². The lowest BCUT2D eigenvalue weighted by Gasteiger charge is -2.35. The number of sulfonamides is 1. The van der Waals surface area contributed by atoms with E-state index >= 15 is 0 Å². The van der Waals surface area contributed by atoms with E-state index in [9.17, 15) is 8.42 Å². The summed E-state index contributed by atoms with van der Waals surface area (Å²) in [7, 11) is -3.48. The molecule has 0 saturated carbocycles. The highest BCUT2D eigenvalue weighted by molar-refractivity contribution is 7.89. The van der Waals surface area contributed by atoms with Crippen molar-refractivity contribution in [2.45, 2.75) is 58.0 Å². The van der Waals surface area contributed by atoms with E-state index in [2.05, 4.69) is 22.4 Å². The fourth-order valence-electron chi connectivity index (χ4n) is 3.03. The number of hydrogen-bond donors (Lipinski definition) is 2. The Hall–Kier alpha value is -0.920. The molecule has 1 aromatic rings. The molecule has 1 aliphatic rings. The van der Waals surface area contributed by atoms with Gasteiger partial charge in [-0.25, -0.2) is 8.42 Å². The highest BCUT2D eigenvalue weighted by Gasteiger charge is 2.36. The van der Waals surface area contributed by atoms with E-state index < -0.39 is 10.0 Å². The molecule has 2 rings (SSSR count). The molecule has 1 aliphatic heterocycles. The van der Waals surface area contributed by atoms with Crippen molar-refractivity contribution in [3.05, 3.63) is 11.4 Å². The van der Waals surface area contributed by atoms with Gasteiger partial charge in [-0.05, 0) is 39.2 Å². The van der Waals surface area contributed by atoms with Crippen molar-refractivity contribution in [2.75, 3.05) is 13.1 Å². The number of nitrogens with zero attached hydrogens (tertiary/aromatic N) is 2. The van der Waals surface area contributed by atoms with Crippen molar-refractivity contribution in [3.63, 3.8) is 0 Å². The van der Waals surface area contributed by atoms with E-state index in [1.165, 1.54) is 0 Å². The number of aryl methyl sites for hydroxylation is 1. The summed E-state index contributed by atoms with van der Waals surface area (Å²) >= 11 is 0. The van der Waals surface area contributed by atoms with Gasteiger partial charge in [0, 0.05) is 19.1 Å². The minimum absolute atomic E-state index is 0.0417. The SMILES string of the molecule is CCNCc1n[nH]c(C)c1S(=O)(=O)N1CCC(C)CC1C. The normalized spacial score (nSPS) is 24.4. The molecule has 1 saturated heterocycles. The molecule has 0 spiro atoms. The third-order valence-electron chi connectivity index (χ3n) is 4.15. The average molecular weight is 314 g/mol. The molecule has 6 nitrogen and oxygen atoms in total. The monoisotopic (exact) mass is 314 g/mol. The van der Waals surface area contributed by atoms with Crippen LogP contribution in [0.3, 0.4) is 0 Å². The second-order valence-electron chi connectivity index (χ2n) is 6.00. The summed E-state index contributed by atoms with van der Waals surface area (Å²) in [4.78, 5) is 0.352. The maximum atomic E-state index is 13.0. The van der Waals surface area contributed by atoms with Crippen LogP contribution in [0.5, 0.6) is 0 Å². The molecular weight excluding hydrogens is 288 g/mol. The third-order valence-corrected chi connectivity index (χ3v) is 6.37. The van der Waals surface area contributed by atoms with Crippen LogP contribution in [0.15, 0.2) is 4.90 Å². The molecule has 120 valence electrons. The molecule has 0 bridgehead atoms. The highest BCUT2D eigenvalue weighted by Crippen LogP contribution is 2.30. The van der Waals surface area contributed by atoms with Gasteiger partial charge in [0.05, 0.1) is 11.4 Å². The van der Waals surface area contributed by atoms with Gasteiger partial charge in [0.2, 0.25) is 10.0 Å². The Bertz CT molecular complexity index is 582. The van der Waals surface area contributed by atoms with E-state index in [1.54, 1.807) is 11.2 Å². The zero-order chi connectivity index (χ0) is 15.6. The first-order chi connectivity index (χ1) is 9.87. The van der Waals surface area contributed by atoms with Crippen LogP contribution in [0.2, 0.25) is 0 Å². The predicted octanol–water partition coefficient (Wildman–Crippen LogP) is 1.64. The first kappa shape index (κ1) is 16.5. The Kier molecular flexibility index (Phi) is 5.06. The summed E-state index contributed by atoms with van der Waals surface area (Å²) in [5.41, 5.74) is 1.20. The van der Waals surface area contributed by atoms with Crippen LogP contribution in [-0.2, 0) is 16.6 Å². The van der Waals surface area contributed by atoms with Crippen molar-refractivity contribution < 1.29 is 8.42 Å². The van der Waals surface area contributed by atoms with E-state index in [0.717, 1.165) is 19.4 Å². The lowest BCUT2D eigenvalue weighted by molar-refractivity contribution is 0.220. The standard InChI is InChI=1S/C14H26N4O2S/c1-5-15-9-13-14(12(4)16-17-13)21(19,20)18-7-6-10(2)8-11(18)3/h10-11,15H,5-9H2,1-4H3,(H,16,17). The van der Waals surface area contributed by atoms with Crippen LogP contribution < -0.4 is 5.32 Å². The Morgan fingerprint density at radius 1 is 1.43 bits per heavy atom. The zero-order valence-corrected chi connectivity index (χ0v) is 14.1. The number of nitrogens with one attached hydrogen (secondary N) is 2. The van der Waals surface area contributed by atoms with E-state index in [-0.39, 0.29) is 6.04 Å². The van der Waals surface area contributed by atoms with Crippen molar-refractivity contribution >= 4 is 10.0 Å². The molecule has 0 amide bonds. The summed E-state index contributed by atoms with van der Waals surface area (Å²) in [6.07, 6.45) is 1.84.